The van der Waals surface area contributed by atoms with E-state index in [-0.39, 0.29) is 16.9 Å². The number of anilines is 1. The summed E-state index contributed by atoms with van der Waals surface area (Å²) in [6.45, 7) is 1.63. The van der Waals surface area contributed by atoms with E-state index in [9.17, 15) is 4.79 Å². The van der Waals surface area contributed by atoms with E-state index in [1.807, 2.05) is 42.5 Å². The van der Waals surface area contributed by atoms with E-state index in [4.69, 9.17) is 0 Å². The van der Waals surface area contributed by atoms with Gasteiger partial charge in [0.1, 0.15) is 5.50 Å². The maximum Gasteiger partial charge on any atom is 0.253 e. The number of amides is 1. The maximum atomic E-state index is 12.7. The molecule has 1 amide bonds. The van der Waals surface area contributed by atoms with Crippen LogP contribution in [0.25, 0.3) is 0 Å². The first-order valence-electron chi connectivity index (χ1n) is 10.1. The van der Waals surface area contributed by atoms with Gasteiger partial charge in [0.25, 0.3) is 5.91 Å². The molecule has 152 valence electrons. The third-order valence-electron chi connectivity index (χ3n) is 5.85. The predicted octanol–water partition coefficient (Wildman–Crippen LogP) is 2.86. The van der Waals surface area contributed by atoms with E-state index in [1.54, 1.807) is 24.2 Å². The highest BCUT2D eigenvalue weighted by Crippen LogP contribution is 2.44. The summed E-state index contributed by atoms with van der Waals surface area (Å²) in [6.07, 6.45) is 3.56. The van der Waals surface area contributed by atoms with Crippen LogP contribution >= 0.6 is 11.8 Å². The molecule has 3 heterocycles. The van der Waals surface area contributed by atoms with Gasteiger partial charge in [-0.25, -0.2) is 9.97 Å². The quantitative estimate of drug-likeness (QED) is 0.680. The van der Waals surface area contributed by atoms with Crippen LogP contribution < -0.4 is 15.5 Å². The summed E-state index contributed by atoms with van der Waals surface area (Å²) < 4.78 is 0. The average Bonchev–Trinajstić information content (AvgIpc) is 3.21. The smallest absolute Gasteiger partial charge is 0.253 e. The second-order valence-electron chi connectivity index (χ2n) is 7.66. The monoisotopic (exact) mass is 417 g/mol. The molecule has 0 spiro atoms. The van der Waals surface area contributed by atoms with E-state index in [2.05, 4.69) is 49.8 Å². The molecule has 7 heteroatoms. The minimum Gasteiger partial charge on any atom is -0.338 e. The van der Waals surface area contributed by atoms with E-state index >= 15 is 0 Å². The molecule has 0 aliphatic carbocycles. The molecule has 5 rings (SSSR count). The molecule has 0 radical (unpaired) electrons. The lowest BCUT2D eigenvalue weighted by Crippen LogP contribution is -2.61. The van der Waals surface area contributed by atoms with Gasteiger partial charge in [0.15, 0.2) is 0 Å². The number of nitrogens with zero attached hydrogens (tertiary/aromatic N) is 3. The zero-order chi connectivity index (χ0) is 20.4. The van der Waals surface area contributed by atoms with Gasteiger partial charge in [-0.2, -0.15) is 0 Å². The number of hydrogen-bond donors (Lipinski definition) is 2. The Morgan fingerprint density at radius 3 is 2.47 bits per heavy atom. The summed E-state index contributed by atoms with van der Waals surface area (Å²) in [5.74, 6) is 1.99. The molecule has 1 unspecified atom stereocenters. The highest BCUT2D eigenvalue weighted by atomic mass is 32.2. The van der Waals surface area contributed by atoms with Crippen LogP contribution in [0.2, 0.25) is 0 Å². The Morgan fingerprint density at radius 1 is 1.03 bits per heavy atom. The molecule has 2 N–H and O–H groups in total. The Hall–Kier alpha value is -2.90. The minimum atomic E-state index is -0.277. The second kappa shape index (κ2) is 8.08. The molecule has 3 atom stereocenters. The summed E-state index contributed by atoms with van der Waals surface area (Å²) in [7, 11) is 0. The molecule has 2 aromatic carbocycles. The molecule has 6 nitrogen and oxygen atoms in total. The van der Waals surface area contributed by atoms with Crippen LogP contribution in [0, 0.1) is 5.92 Å². The number of fused-ring (bicyclic) bond motifs is 1. The van der Waals surface area contributed by atoms with Gasteiger partial charge >= 0.3 is 0 Å². The molecular formula is C23H23N5OS. The second-order valence-corrected chi connectivity index (χ2v) is 8.80. The zero-order valence-electron chi connectivity index (χ0n) is 16.4. The number of aromatic nitrogens is 2. The van der Waals surface area contributed by atoms with Crippen molar-refractivity contribution in [1.82, 2.24) is 20.6 Å². The van der Waals surface area contributed by atoms with Gasteiger partial charge in [0, 0.05) is 42.7 Å². The average molecular weight is 418 g/mol. The van der Waals surface area contributed by atoms with Crippen LogP contribution in [0.5, 0.6) is 0 Å². The number of carbonyl (C=O) groups is 1. The number of thioether (sulfide) groups is 1. The fraction of sp³-hybridized carbons (Fsp3) is 0.261. The van der Waals surface area contributed by atoms with Crippen LogP contribution in [0.15, 0.2) is 79.1 Å². The fourth-order valence-electron chi connectivity index (χ4n) is 4.39. The fourth-order valence-corrected chi connectivity index (χ4v) is 5.68. The van der Waals surface area contributed by atoms with Gasteiger partial charge in [-0.05, 0) is 23.8 Å². The Labute approximate surface area is 180 Å². The number of hydrogen-bond acceptors (Lipinski definition) is 6. The summed E-state index contributed by atoms with van der Waals surface area (Å²) in [6, 6.07) is 21.7. The van der Waals surface area contributed by atoms with E-state index in [0.717, 1.165) is 24.8 Å². The first-order chi connectivity index (χ1) is 14.7. The van der Waals surface area contributed by atoms with Crippen molar-refractivity contribution < 1.29 is 4.79 Å². The molecule has 2 fully saturated rings. The van der Waals surface area contributed by atoms with Gasteiger partial charge < -0.3 is 10.2 Å². The van der Waals surface area contributed by atoms with Gasteiger partial charge in [-0.1, -0.05) is 48.5 Å². The number of carbonyl (C=O) groups excluding carboxylic acids is 1. The zero-order valence-corrected chi connectivity index (χ0v) is 17.3. The maximum absolute atomic E-state index is 12.7. The molecule has 0 bridgehead atoms. The van der Waals surface area contributed by atoms with Crippen molar-refractivity contribution in [3.63, 3.8) is 0 Å². The lowest BCUT2D eigenvalue weighted by atomic mass is 9.81. The molecule has 0 saturated carbocycles. The van der Waals surface area contributed by atoms with Crippen molar-refractivity contribution in [3.8, 4) is 0 Å². The lowest BCUT2D eigenvalue weighted by Gasteiger charge is -2.43. The third kappa shape index (κ3) is 3.55. The SMILES string of the molecule is O=C(NC1N[C@@]2(c3ccccc3)CN(c3ncccn3)C[C@H]2CS1)c1ccccc1. The van der Waals surface area contributed by atoms with Gasteiger partial charge in [-0.3, -0.25) is 10.1 Å². The van der Waals surface area contributed by atoms with Crippen molar-refractivity contribution in [3.05, 3.63) is 90.3 Å². The van der Waals surface area contributed by atoms with Crippen molar-refractivity contribution in [2.75, 3.05) is 23.7 Å². The molecule has 2 aliphatic rings. The largest absolute Gasteiger partial charge is 0.338 e. The standard InChI is InChI=1S/C23H23N5OS/c29-20(17-8-3-1-4-9-17)26-22-27-23(18-10-5-2-6-11-18)16-28(14-19(23)15-30-22)21-24-12-7-13-25-21/h1-13,19,22,27H,14-16H2,(H,26,29)/t19-,22?,23+/m0/s1. The van der Waals surface area contributed by atoms with Crippen LogP contribution in [0.1, 0.15) is 15.9 Å². The van der Waals surface area contributed by atoms with E-state index in [1.165, 1.54) is 5.56 Å². The van der Waals surface area contributed by atoms with E-state index < -0.39 is 0 Å². The van der Waals surface area contributed by atoms with Crippen LogP contribution in [0.4, 0.5) is 5.95 Å². The number of benzene rings is 2. The topological polar surface area (TPSA) is 70.2 Å². The molecule has 2 aliphatic heterocycles. The normalized spacial score (nSPS) is 25.5. The van der Waals surface area contributed by atoms with Crippen molar-refractivity contribution in [2.45, 2.75) is 11.0 Å². The molecular weight excluding hydrogens is 394 g/mol. The Morgan fingerprint density at radius 2 is 1.73 bits per heavy atom. The summed E-state index contributed by atoms with van der Waals surface area (Å²) in [4.78, 5) is 23.9. The first-order valence-corrected chi connectivity index (χ1v) is 11.1. The Balaban J connectivity index is 1.42. The molecule has 3 aromatic rings. The summed E-state index contributed by atoms with van der Waals surface area (Å²) in [5, 5.41) is 6.94. The number of nitrogens with one attached hydrogen (secondary N) is 2. The highest BCUT2D eigenvalue weighted by molar-refractivity contribution is 7.99. The summed E-state index contributed by atoms with van der Waals surface area (Å²) >= 11 is 1.74. The first kappa shape index (κ1) is 19.1. The summed E-state index contributed by atoms with van der Waals surface area (Å²) in [5.41, 5.74) is 1.44. The number of rotatable bonds is 4. The lowest BCUT2D eigenvalue weighted by molar-refractivity contribution is 0.0933. The van der Waals surface area contributed by atoms with Crippen molar-refractivity contribution in [1.29, 1.82) is 0 Å². The Kier molecular flexibility index (Phi) is 5.14. The highest BCUT2D eigenvalue weighted by Gasteiger charge is 2.52. The molecule has 30 heavy (non-hydrogen) atoms. The van der Waals surface area contributed by atoms with Gasteiger partial charge in [0.05, 0.1) is 5.54 Å². The van der Waals surface area contributed by atoms with Gasteiger partial charge in [0.2, 0.25) is 5.95 Å². The van der Waals surface area contributed by atoms with Gasteiger partial charge in [-0.15, -0.1) is 11.8 Å². The van der Waals surface area contributed by atoms with Crippen LogP contribution in [0.3, 0.4) is 0 Å². The predicted molar refractivity (Wildman–Crippen MR) is 119 cm³/mol. The molecule has 2 saturated heterocycles. The van der Waals surface area contributed by atoms with Crippen molar-refractivity contribution >= 4 is 23.6 Å². The molecule has 1 aromatic heterocycles. The van der Waals surface area contributed by atoms with Crippen LogP contribution in [-0.4, -0.2) is 40.2 Å². The van der Waals surface area contributed by atoms with Crippen LogP contribution in [-0.2, 0) is 5.54 Å². The van der Waals surface area contributed by atoms with Crippen molar-refractivity contribution in [2.24, 2.45) is 5.92 Å². The Bertz CT molecular complexity index is 1000. The third-order valence-corrected chi connectivity index (χ3v) is 7.02. The minimum absolute atomic E-state index is 0.0662. The van der Waals surface area contributed by atoms with E-state index in [0.29, 0.717) is 11.5 Å².